The number of thiophene rings is 1. The average molecular weight is 420 g/mol. The van der Waals surface area contributed by atoms with Gasteiger partial charge in [-0.25, -0.2) is 9.18 Å². The molecule has 156 valence electrons. The Hall–Kier alpha value is -2.28. The molecule has 2 aliphatic rings. The number of amides is 1. The molecule has 7 heteroatoms. The van der Waals surface area contributed by atoms with Crippen molar-refractivity contribution in [3.63, 3.8) is 0 Å². The summed E-state index contributed by atoms with van der Waals surface area (Å²) in [6.45, 7) is 6.45. The Labute approximate surface area is 174 Å². The van der Waals surface area contributed by atoms with Crippen molar-refractivity contribution < 1.29 is 23.4 Å². The van der Waals surface area contributed by atoms with Crippen LogP contribution in [0.1, 0.15) is 41.3 Å². The molecule has 1 heterocycles. The lowest BCUT2D eigenvalue weighted by atomic mass is 9.96. The van der Waals surface area contributed by atoms with Crippen LogP contribution in [0.2, 0.25) is 0 Å². The third-order valence-corrected chi connectivity index (χ3v) is 7.24. The quantitative estimate of drug-likeness (QED) is 0.686. The number of aryl methyl sites for hydroxylation is 1. The number of methoxy groups -OCH3 is 1. The van der Waals surface area contributed by atoms with Crippen molar-refractivity contribution in [2.75, 3.05) is 20.4 Å². The first kappa shape index (κ1) is 20.0. The van der Waals surface area contributed by atoms with Gasteiger partial charge in [-0.2, -0.15) is 0 Å². The predicted octanol–water partition coefficient (Wildman–Crippen LogP) is 5.00. The van der Waals surface area contributed by atoms with Gasteiger partial charge in [0.05, 0.1) is 7.11 Å². The first-order valence-corrected chi connectivity index (χ1v) is 10.6. The number of alkyl halides is 1. The molecule has 1 saturated carbocycles. The largest absolute Gasteiger partial charge is 0.496 e. The molecule has 1 fully saturated rings. The molecule has 29 heavy (non-hydrogen) atoms. The SMILES string of the molecule is COc1cc(OCCF)ccc1CNC(=O)Oc1sc(C)c2c1C[C@@H]1[C@H]2C1(C)C. The van der Waals surface area contributed by atoms with Gasteiger partial charge in [-0.1, -0.05) is 13.8 Å². The first-order chi connectivity index (χ1) is 13.9. The third kappa shape index (κ3) is 3.56. The normalized spacial score (nSPS) is 20.6. The fourth-order valence-electron chi connectivity index (χ4n) is 4.58. The minimum atomic E-state index is -0.553. The van der Waals surface area contributed by atoms with Crippen molar-refractivity contribution in [2.24, 2.45) is 11.3 Å². The van der Waals surface area contributed by atoms with Gasteiger partial charge in [0, 0.05) is 28.6 Å². The molecular weight excluding hydrogens is 393 g/mol. The molecule has 0 aliphatic heterocycles. The summed E-state index contributed by atoms with van der Waals surface area (Å²) in [5.74, 6) is 2.37. The van der Waals surface area contributed by atoms with E-state index in [4.69, 9.17) is 14.2 Å². The van der Waals surface area contributed by atoms with Gasteiger partial charge >= 0.3 is 6.09 Å². The summed E-state index contributed by atoms with van der Waals surface area (Å²) in [5, 5.41) is 3.51. The zero-order chi connectivity index (χ0) is 20.8. The lowest BCUT2D eigenvalue weighted by Gasteiger charge is -2.13. The highest BCUT2D eigenvalue weighted by Gasteiger charge is 2.63. The van der Waals surface area contributed by atoms with Crippen molar-refractivity contribution in [3.05, 3.63) is 39.8 Å². The van der Waals surface area contributed by atoms with Crippen LogP contribution in [-0.2, 0) is 13.0 Å². The van der Waals surface area contributed by atoms with E-state index in [0.29, 0.717) is 28.7 Å². The Morgan fingerprint density at radius 1 is 1.38 bits per heavy atom. The van der Waals surface area contributed by atoms with E-state index in [2.05, 4.69) is 26.1 Å². The number of carbonyl (C=O) groups excluding carboxylic acids is 1. The summed E-state index contributed by atoms with van der Waals surface area (Å²) in [6, 6.07) is 5.20. The van der Waals surface area contributed by atoms with Crippen molar-refractivity contribution in [2.45, 2.75) is 39.7 Å². The Morgan fingerprint density at radius 2 is 2.17 bits per heavy atom. The van der Waals surface area contributed by atoms with Crippen LogP contribution in [-0.4, -0.2) is 26.5 Å². The van der Waals surface area contributed by atoms with Crippen LogP contribution < -0.4 is 19.5 Å². The summed E-state index contributed by atoms with van der Waals surface area (Å²) >= 11 is 1.56. The van der Waals surface area contributed by atoms with Crippen LogP contribution in [0.5, 0.6) is 16.6 Å². The summed E-state index contributed by atoms with van der Waals surface area (Å²) in [7, 11) is 1.54. The molecule has 1 aromatic carbocycles. The van der Waals surface area contributed by atoms with E-state index in [1.807, 2.05) is 0 Å². The monoisotopic (exact) mass is 419 g/mol. The number of ether oxygens (including phenoxy) is 3. The van der Waals surface area contributed by atoms with Crippen molar-refractivity contribution in [1.82, 2.24) is 5.32 Å². The van der Waals surface area contributed by atoms with Gasteiger partial charge in [0.2, 0.25) is 0 Å². The number of carbonyl (C=O) groups is 1. The van der Waals surface area contributed by atoms with Crippen LogP contribution in [0.4, 0.5) is 9.18 Å². The third-order valence-electron chi connectivity index (χ3n) is 6.20. The highest BCUT2D eigenvalue weighted by Crippen LogP contribution is 2.72. The van der Waals surface area contributed by atoms with E-state index in [9.17, 15) is 9.18 Å². The summed E-state index contributed by atoms with van der Waals surface area (Å²) in [5.41, 5.74) is 3.77. The Balaban J connectivity index is 1.38. The first-order valence-electron chi connectivity index (χ1n) is 9.80. The molecule has 0 bridgehead atoms. The van der Waals surface area contributed by atoms with E-state index in [1.54, 1.807) is 36.6 Å². The fourth-order valence-corrected chi connectivity index (χ4v) is 5.66. The van der Waals surface area contributed by atoms with Gasteiger partial charge < -0.3 is 19.5 Å². The fraction of sp³-hybridized carbons (Fsp3) is 0.500. The maximum absolute atomic E-state index is 12.4. The number of hydrogen-bond acceptors (Lipinski definition) is 5. The second-order valence-corrected chi connectivity index (χ2v) is 9.39. The van der Waals surface area contributed by atoms with Crippen molar-refractivity contribution in [1.29, 1.82) is 0 Å². The lowest BCUT2D eigenvalue weighted by molar-refractivity contribution is 0.201. The van der Waals surface area contributed by atoms with Crippen LogP contribution in [0.25, 0.3) is 0 Å². The highest BCUT2D eigenvalue weighted by molar-refractivity contribution is 7.14. The average Bonchev–Trinajstić information content (AvgIpc) is 3.02. The van der Waals surface area contributed by atoms with Crippen molar-refractivity contribution in [3.8, 4) is 16.6 Å². The molecule has 1 aromatic heterocycles. The number of hydrogen-bond donors (Lipinski definition) is 1. The molecule has 1 N–H and O–H groups in total. The van der Waals surface area contributed by atoms with Gasteiger partial charge in [-0.15, -0.1) is 11.3 Å². The van der Waals surface area contributed by atoms with Gasteiger partial charge in [0.15, 0.2) is 5.06 Å². The Kier molecular flexibility index (Phi) is 5.19. The smallest absolute Gasteiger partial charge is 0.413 e. The molecule has 0 unspecified atom stereocenters. The van der Waals surface area contributed by atoms with Crippen LogP contribution in [0.15, 0.2) is 18.2 Å². The van der Waals surface area contributed by atoms with Gasteiger partial charge in [-0.3, -0.25) is 0 Å². The van der Waals surface area contributed by atoms with E-state index in [-0.39, 0.29) is 13.2 Å². The maximum Gasteiger partial charge on any atom is 0.413 e. The zero-order valence-corrected chi connectivity index (χ0v) is 18.0. The lowest BCUT2D eigenvalue weighted by Crippen LogP contribution is -2.26. The second-order valence-electron chi connectivity index (χ2n) is 8.20. The van der Waals surface area contributed by atoms with Crippen molar-refractivity contribution >= 4 is 17.4 Å². The van der Waals surface area contributed by atoms with Gasteiger partial charge in [0.1, 0.15) is 24.8 Å². The van der Waals surface area contributed by atoms with Crippen LogP contribution >= 0.6 is 11.3 Å². The molecule has 5 nitrogen and oxygen atoms in total. The molecule has 0 radical (unpaired) electrons. The van der Waals surface area contributed by atoms with Crippen LogP contribution in [0, 0.1) is 18.3 Å². The summed E-state index contributed by atoms with van der Waals surface area (Å²) in [6.07, 6.45) is 0.516. The highest BCUT2D eigenvalue weighted by atomic mass is 32.1. The van der Waals surface area contributed by atoms with E-state index < -0.39 is 12.8 Å². The van der Waals surface area contributed by atoms with Crippen LogP contribution in [0.3, 0.4) is 0 Å². The molecule has 0 spiro atoms. The topological polar surface area (TPSA) is 56.8 Å². The van der Waals surface area contributed by atoms with Gasteiger partial charge in [-0.05, 0) is 48.3 Å². The number of benzene rings is 1. The standard InChI is InChI=1S/C22H26FNO4S/c1-12-18-15(10-16-19(18)22(16,2)3)20(29-12)28-21(25)24-11-13-5-6-14(27-8-7-23)9-17(13)26-4/h5-6,9,16,19H,7-8,10-11H2,1-4H3,(H,24,25)/t16-,19-/m1/s1. The predicted molar refractivity (Wildman–Crippen MR) is 110 cm³/mol. The molecule has 2 aromatic rings. The number of fused-ring (bicyclic) bond motifs is 3. The summed E-state index contributed by atoms with van der Waals surface area (Å²) in [4.78, 5) is 13.6. The van der Waals surface area contributed by atoms with Gasteiger partial charge in [0.25, 0.3) is 0 Å². The minimum Gasteiger partial charge on any atom is -0.496 e. The molecule has 0 saturated heterocycles. The maximum atomic E-state index is 12.4. The van der Waals surface area contributed by atoms with E-state index in [0.717, 1.165) is 17.0 Å². The summed E-state index contributed by atoms with van der Waals surface area (Å²) < 4.78 is 28.5. The van der Waals surface area contributed by atoms with E-state index >= 15 is 0 Å². The molecule has 2 atom stereocenters. The Bertz CT molecular complexity index is 939. The molecule has 1 amide bonds. The second kappa shape index (κ2) is 7.52. The number of halogens is 1. The number of rotatable bonds is 7. The molecule has 2 aliphatic carbocycles. The van der Waals surface area contributed by atoms with E-state index in [1.165, 1.54) is 16.0 Å². The zero-order valence-electron chi connectivity index (χ0n) is 17.1. The molecular formula is C22H26FNO4S. The minimum absolute atomic E-state index is 0.00345. The number of nitrogens with one attached hydrogen (secondary N) is 1. The molecule has 4 rings (SSSR count). The Morgan fingerprint density at radius 3 is 2.90 bits per heavy atom.